The van der Waals surface area contributed by atoms with Gasteiger partial charge in [-0.1, -0.05) is 20.8 Å². The van der Waals surface area contributed by atoms with Crippen LogP contribution in [0.2, 0.25) is 18.1 Å². The van der Waals surface area contributed by atoms with Crippen LogP contribution in [0.1, 0.15) is 33.4 Å². The van der Waals surface area contributed by atoms with Crippen molar-refractivity contribution in [3.8, 4) is 0 Å². The predicted molar refractivity (Wildman–Crippen MR) is 109 cm³/mol. The molecule has 2 aromatic rings. The Hall–Kier alpha value is -1.55. The van der Waals surface area contributed by atoms with Crippen molar-refractivity contribution in [1.82, 2.24) is 24.4 Å². The van der Waals surface area contributed by atoms with Crippen LogP contribution in [0, 0.1) is 0 Å². The van der Waals surface area contributed by atoms with Crippen molar-refractivity contribution < 1.29 is 9.16 Å². The minimum absolute atomic E-state index is 0.00393. The number of imidazole rings is 1. The molecule has 1 aliphatic rings. The van der Waals surface area contributed by atoms with Gasteiger partial charge in [-0.3, -0.25) is 4.57 Å². The van der Waals surface area contributed by atoms with Crippen molar-refractivity contribution in [2.24, 2.45) is 0 Å². The first-order chi connectivity index (χ1) is 12.5. The average Bonchev–Trinajstić information content (AvgIpc) is 3.16. The smallest absolute Gasteiger partial charge is 0.192 e. The van der Waals surface area contributed by atoms with Gasteiger partial charge >= 0.3 is 0 Å². The van der Waals surface area contributed by atoms with Gasteiger partial charge in [-0.25, -0.2) is 15.0 Å². The minimum atomic E-state index is -1.83. The van der Waals surface area contributed by atoms with Gasteiger partial charge in [0.05, 0.1) is 19.0 Å². The molecule has 0 saturated carbocycles. The summed E-state index contributed by atoms with van der Waals surface area (Å²) in [6.07, 6.45) is 3.89. The summed E-state index contributed by atoms with van der Waals surface area (Å²) in [4.78, 5) is 14.9. The van der Waals surface area contributed by atoms with Gasteiger partial charge in [0.2, 0.25) is 0 Å². The third kappa shape index (κ3) is 3.87. The molecule has 3 atom stereocenters. The zero-order valence-corrected chi connectivity index (χ0v) is 18.4. The molecule has 150 valence electrons. The first-order valence-corrected chi connectivity index (χ1v) is 12.3. The highest BCUT2D eigenvalue weighted by Crippen LogP contribution is 2.38. The molecule has 0 amide bonds. The zero-order chi connectivity index (χ0) is 20.0. The van der Waals surface area contributed by atoms with E-state index >= 15 is 0 Å². The maximum Gasteiger partial charge on any atom is 0.192 e. The number of fused-ring (bicyclic) bond motifs is 1. The van der Waals surface area contributed by atoms with Crippen molar-refractivity contribution in [2.45, 2.75) is 63.7 Å². The van der Waals surface area contributed by atoms with Crippen LogP contribution in [0.25, 0.3) is 11.2 Å². The topological polar surface area (TPSA) is 91.3 Å². The average molecular weight is 393 g/mol. The van der Waals surface area contributed by atoms with Crippen molar-refractivity contribution in [3.63, 3.8) is 0 Å². The molecule has 0 spiro atoms. The Morgan fingerprint density at radius 1 is 1.30 bits per heavy atom. The Morgan fingerprint density at radius 2 is 2.00 bits per heavy atom. The van der Waals surface area contributed by atoms with Crippen molar-refractivity contribution >= 4 is 25.3 Å². The Balaban J connectivity index is 1.79. The molecule has 0 radical (unpaired) electrons. The van der Waals surface area contributed by atoms with E-state index in [9.17, 15) is 0 Å². The van der Waals surface area contributed by atoms with E-state index in [1.165, 1.54) is 6.33 Å². The number of likely N-dealkylation sites (N-methyl/N-ethyl adjacent to an activating group) is 1. The Labute approximate surface area is 162 Å². The highest BCUT2D eigenvalue weighted by Gasteiger charge is 2.42. The number of nitrogens with two attached hydrogens (primary N) is 1. The van der Waals surface area contributed by atoms with Gasteiger partial charge in [0.25, 0.3) is 0 Å². The number of anilines is 1. The number of rotatable bonds is 5. The molecular weight excluding hydrogens is 360 g/mol. The number of hydrogen-bond acceptors (Lipinski definition) is 7. The second-order valence-corrected chi connectivity index (χ2v) is 13.9. The summed E-state index contributed by atoms with van der Waals surface area (Å²) in [6.45, 7) is 11.9. The fraction of sp³-hybridized carbons (Fsp3) is 0.722. The lowest BCUT2D eigenvalue weighted by Gasteiger charge is -2.37. The SMILES string of the molecule is CN(C)[C@H]1C[C@H](n2cnc3c(N)ncnc32)O[C@@H]1CO[Si](C)(C)C(C)(C)C. The van der Waals surface area contributed by atoms with Crippen molar-refractivity contribution in [1.29, 1.82) is 0 Å². The van der Waals surface area contributed by atoms with Crippen LogP contribution >= 0.6 is 0 Å². The standard InChI is InChI=1S/C18H32N6O2Si/c1-18(2,3)27(6,7)25-9-13-12(23(4)5)8-14(26-13)24-11-22-15-16(19)20-10-21-17(15)24/h10-14H,8-9H2,1-7H3,(H2,19,20,21)/t12-,13+,14+/m0/s1. The van der Waals surface area contributed by atoms with Crippen LogP contribution in [-0.2, 0) is 9.16 Å². The van der Waals surface area contributed by atoms with E-state index < -0.39 is 8.32 Å². The van der Waals surface area contributed by atoms with Crippen LogP contribution in [-0.4, -0.2) is 65.6 Å². The van der Waals surface area contributed by atoms with E-state index in [4.69, 9.17) is 14.9 Å². The van der Waals surface area contributed by atoms with Gasteiger partial charge in [-0.2, -0.15) is 0 Å². The predicted octanol–water partition coefficient (Wildman–Crippen LogP) is 2.65. The second kappa shape index (κ2) is 7.12. The number of ether oxygens (including phenoxy) is 1. The molecule has 2 N–H and O–H groups in total. The molecule has 27 heavy (non-hydrogen) atoms. The first kappa shape index (κ1) is 20.2. The zero-order valence-electron chi connectivity index (χ0n) is 17.4. The number of nitrogen functional groups attached to an aromatic ring is 1. The maximum absolute atomic E-state index is 6.45. The van der Waals surface area contributed by atoms with Gasteiger partial charge in [-0.05, 0) is 32.2 Å². The molecule has 3 heterocycles. The van der Waals surface area contributed by atoms with Crippen LogP contribution in [0.3, 0.4) is 0 Å². The Kier molecular flexibility index (Phi) is 5.32. The summed E-state index contributed by atoms with van der Waals surface area (Å²) in [7, 11) is 2.34. The normalized spacial score (nSPS) is 24.2. The summed E-state index contributed by atoms with van der Waals surface area (Å²) < 4.78 is 14.8. The van der Waals surface area contributed by atoms with Crippen LogP contribution in [0.5, 0.6) is 0 Å². The Bertz CT molecular complexity index is 801. The van der Waals surface area contributed by atoms with Gasteiger partial charge < -0.3 is 19.8 Å². The fourth-order valence-corrected chi connectivity index (χ4v) is 4.18. The minimum Gasteiger partial charge on any atom is -0.414 e. The number of aromatic nitrogens is 4. The molecule has 0 aromatic carbocycles. The summed E-state index contributed by atoms with van der Waals surface area (Å²) in [5.41, 5.74) is 7.23. The molecule has 1 aliphatic heterocycles. The van der Waals surface area contributed by atoms with Gasteiger partial charge in [0.1, 0.15) is 18.1 Å². The quantitative estimate of drug-likeness (QED) is 0.782. The van der Waals surface area contributed by atoms with E-state index in [0.717, 1.165) is 6.42 Å². The van der Waals surface area contributed by atoms with E-state index in [1.807, 2.05) is 4.57 Å². The lowest BCUT2D eigenvalue weighted by Crippen LogP contribution is -2.45. The lowest BCUT2D eigenvalue weighted by molar-refractivity contribution is -0.0293. The molecule has 8 nitrogen and oxygen atoms in total. The fourth-order valence-electron chi connectivity index (χ4n) is 3.17. The number of nitrogens with zero attached hydrogens (tertiary/aromatic N) is 5. The lowest BCUT2D eigenvalue weighted by atomic mass is 10.1. The van der Waals surface area contributed by atoms with Crippen LogP contribution in [0.4, 0.5) is 5.82 Å². The maximum atomic E-state index is 6.45. The summed E-state index contributed by atoms with van der Waals surface area (Å²) >= 11 is 0. The molecule has 0 unspecified atom stereocenters. The largest absolute Gasteiger partial charge is 0.414 e. The van der Waals surface area contributed by atoms with Gasteiger partial charge in [0.15, 0.2) is 19.8 Å². The van der Waals surface area contributed by atoms with Crippen LogP contribution < -0.4 is 5.73 Å². The van der Waals surface area contributed by atoms with Crippen molar-refractivity contribution in [2.75, 3.05) is 26.4 Å². The highest BCUT2D eigenvalue weighted by molar-refractivity contribution is 6.74. The first-order valence-electron chi connectivity index (χ1n) is 9.40. The molecule has 1 fully saturated rings. The summed E-state index contributed by atoms with van der Waals surface area (Å²) in [5, 5.41) is 0.174. The van der Waals surface area contributed by atoms with Gasteiger partial charge in [0, 0.05) is 12.5 Å². The number of hydrogen-bond donors (Lipinski definition) is 1. The molecule has 1 saturated heterocycles. The van der Waals surface area contributed by atoms with E-state index in [1.54, 1.807) is 6.33 Å². The molecular formula is C18H32N6O2Si. The van der Waals surface area contributed by atoms with Gasteiger partial charge in [-0.15, -0.1) is 0 Å². The van der Waals surface area contributed by atoms with E-state index in [0.29, 0.717) is 23.6 Å². The molecule has 0 bridgehead atoms. The molecule has 2 aromatic heterocycles. The summed E-state index contributed by atoms with van der Waals surface area (Å²) in [5.74, 6) is 0.388. The Morgan fingerprint density at radius 3 is 2.63 bits per heavy atom. The van der Waals surface area contributed by atoms with E-state index in [2.05, 4.69) is 67.8 Å². The molecule has 9 heteroatoms. The summed E-state index contributed by atoms with van der Waals surface area (Å²) in [6, 6.07) is 0.261. The molecule has 3 rings (SSSR count). The molecule has 0 aliphatic carbocycles. The highest BCUT2D eigenvalue weighted by atomic mass is 28.4. The third-order valence-electron chi connectivity index (χ3n) is 5.98. The van der Waals surface area contributed by atoms with Crippen molar-refractivity contribution in [3.05, 3.63) is 12.7 Å². The van der Waals surface area contributed by atoms with E-state index in [-0.39, 0.29) is 23.4 Å². The second-order valence-electron chi connectivity index (χ2n) is 9.05. The van der Waals surface area contributed by atoms with Crippen LogP contribution in [0.15, 0.2) is 12.7 Å². The monoisotopic (exact) mass is 392 g/mol. The third-order valence-corrected chi connectivity index (χ3v) is 10.5.